The van der Waals surface area contributed by atoms with Gasteiger partial charge in [0.25, 0.3) is 5.91 Å². The van der Waals surface area contributed by atoms with Crippen LogP contribution in [0.4, 0.5) is 11.4 Å². The van der Waals surface area contributed by atoms with Crippen molar-refractivity contribution >= 4 is 33.9 Å². The molecule has 0 bridgehead atoms. The predicted molar refractivity (Wildman–Crippen MR) is 105 cm³/mol. The van der Waals surface area contributed by atoms with E-state index in [1.165, 1.54) is 0 Å². The number of aromatic nitrogens is 1. The highest BCUT2D eigenvalue weighted by Gasteiger charge is 2.40. The number of rotatable bonds is 2. The maximum atomic E-state index is 13.1. The summed E-state index contributed by atoms with van der Waals surface area (Å²) in [5, 5.41) is 4.55. The molecule has 1 aliphatic heterocycles. The summed E-state index contributed by atoms with van der Waals surface area (Å²) in [6.45, 7) is 3.94. The van der Waals surface area contributed by atoms with Crippen molar-refractivity contribution in [3.63, 3.8) is 0 Å². The van der Waals surface area contributed by atoms with Crippen LogP contribution in [0.2, 0.25) is 0 Å². The lowest BCUT2D eigenvalue weighted by atomic mass is 10.1. The third kappa shape index (κ3) is 2.66. The topological polar surface area (TPSA) is 48.8 Å². The number of para-hydroxylation sites is 2. The van der Waals surface area contributed by atoms with Crippen LogP contribution >= 0.6 is 0 Å². The van der Waals surface area contributed by atoms with E-state index in [0.717, 1.165) is 28.0 Å². The van der Waals surface area contributed by atoms with Crippen LogP contribution in [0.5, 0.6) is 0 Å². The molecule has 1 amide bonds. The molecule has 26 heavy (non-hydrogen) atoms. The van der Waals surface area contributed by atoms with Gasteiger partial charge in [-0.25, -0.2) is 15.0 Å². The van der Waals surface area contributed by atoms with E-state index in [4.69, 9.17) is 4.99 Å². The van der Waals surface area contributed by atoms with Crippen molar-refractivity contribution in [3.05, 3.63) is 66.4 Å². The fraction of sp³-hybridized carbons (Fsp3) is 0.190. The SMILES string of the molecule is Cc1cc(N=C2C(=O)N(c3ccccc3)N(C)C2C)c2ccccc2n1. The number of amides is 1. The number of carbonyl (C=O) groups excluding carboxylic acids is 1. The number of anilines is 1. The zero-order chi connectivity index (χ0) is 18.3. The molecule has 0 N–H and O–H groups in total. The Hall–Kier alpha value is -3.05. The number of aliphatic imine (C=N–C) groups is 1. The molecular formula is C21H20N4O. The summed E-state index contributed by atoms with van der Waals surface area (Å²) in [7, 11) is 1.91. The Morgan fingerprint density at radius 3 is 2.50 bits per heavy atom. The van der Waals surface area contributed by atoms with Crippen LogP contribution in [-0.4, -0.2) is 34.7 Å². The Labute approximate surface area is 152 Å². The van der Waals surface area contributed by atoms with Gasteiger partial charge in [0.1, 0.15) is 5.71 Å². The van der Waals surface area contributed by atoms with Crippen molar-refractivity contribution in [1.29, 1.82) is 0 Å². The Balaban J connectivity index is 1.82. The number of benzene rings is 2. The third-order valence-corrected chi connectivity index (χ3v) is 4.75. The molecule has 0 aliphatic carbocycles. The molecule has 130 valence electrons. The monoisotopic (exact) mass is 344 g/mol. The van der Waals surface area contributed by atoms with E-state index >= 15 is 0 Å². The van der Waals surface area contributed by atoms with Crippen LogP contribution < -0.4 is 5.01 Å². The van der Waals surface area contributed by atoms with Gasteiger partial charge in [0.2, 0.25) is 0 Å². The van der Waals surface area contributed by atoms with Gasteiger partial charge >= 0.3 is 0 Å². The minimum absolute atomic E-state index is 0.0928. The van der Waals surface area contributed by atoms with E-state index in [1.807, 2.05) is 86.6 Å². The molecule has 3 aromatic rings. The van der Waals surface area contributed by atoms with Crippen molar-refractivity contribution in [1.82, 2.24) is 9.99 Å². The minimum atomic E-state index is -0.116. The Kier molecular flexibility index (Phi) is 4.01. The number of pyridine rings is 1. The van der Waals surface area contributed by atoms with Crippen LogP contribution in [0.15, 0.2) is 65.7 Å². The molecule has 5 heteroatoms. The van der Waals surface area contributed by atoms with Gasteiger partial charge in [-0.3, -0.25) is 9.78 Å². The first-order chi connectivity index (χ1) is 12.6. The summed E-state index contributed by atoms with van der Waals surface area (Å²) in [5.41, 5.74) is 3.93. The fourth-order valence-electron chi connectivity index (χ4n) is 3.30. The predicted octanol–water partition coefficient (Wildman–Crippen LogP) is 3.90. The average molecular weight is 344 g/mol. The number of hydrogen-bond acceptors (Lipinski definition) is 4. The number of nitrogens with zero attached hydrogens (tertiary/aromatic N) is 4. The highest BCUT2D eigenvalue weighted by molar-refractivity contribution is 6.47. The van der Waals surface area contributed by atoms with Crippen LogP contribution in [0.25, 0.3) is 10.9 Å². The van der Waals surface area contributed by atoms with Gasteiger partial charge in [0.15, 0.2) is 0 Å². The molecule has 2 aromatic carbocycles. The standard InChI is InChI=1S/C21H20N4O/c1-14-13-19(17-11-7-8-12-18(17)22-14)23-20-15(2)24(3)25(21(20)26)16-9-5-4-6-10-16/h4-13,15H,1-3H3. The smallest absolute Gasteiger partial charge is 0.266 e. The number of hydrogen-bond donors (Lipinski definition) is 0. The molecule has 1 aliphatic rings. The Morgan fingerprint density at radius 1 is 1.04 bits per heavy atom. The van der Waals surface area contributed by atoms with E-state index < -0.39 is 0 Å². The molecule has 2 heterocycles. The third-order valence-electron chi connectivity index (χ3n) is 4.75. The number of aryl methyl sites for hydroxylation is 1. The lowest BCUT2D eigenvalue weighted by molar-refractivity contribution is -0.113. The van der Waals surface area contributed by atoms with Crippen molar-refractivity contribution < 1.29 is 4.79 Å². The lowest BCUT2D eigenvalue weighted by Crippen LogP contribution is -2.38. The molecule has 5 nitrogen and oxygen atoms in total. The number of hydrazine groups is 1. The highest BCUT2D eigenvalue weighted by atomic mass is 16.2. The Bertz CT molecular complexity index is 1010. The maximum absolute atomic E-state index is 13.1. The van der Waals surface area contributed by atoms with E-state index in [0.29, 0.717) is 5.71 Å². The van der Waals surface area contributed by atoms with Gasteiger partial charge in [0.05, 0.1) is 22.9 Å². The second-order valence-corrected chi connectivity index (χ2v) is 6.50. The summed E-state index contributed by atoms with van der Waals surface area (Å²) >= 11 is 0. The molecule has 4 rings (SSSR count). The molecule has 0 saturated carbocycles. The molecule has 1 fully saturated rings. The summed E-state index contributed by atoms with van der Waals surface area (Å²) < 4.78 is 0. The second-order valence-electron chi connectivity index (χ2n) is 6.50. The molecule has 0 radical (unpaired) electrons. The van der Waals surface area contributed by atoms with Gasteiger partial charge < -0.3 is 0 Å². The first kappa shape index (κ1) is 16.4. The van der Waals surface area contributed by atoms with Crippen LogP contribution in [0, 0.1) is 6.92 Å². The summed E-state index contributed by atoms with van der Waals surface area (Å²) in [6, 6.07) is 19.3. The zero-order valence-corrected chi connectivity index (χ0v) is 15.0. The van der Waals surface area contributed by atoms with E-state index in [-0.39, 0.29) is 11.9 Å². The second kappa shape index (κ2) is 6.35. The first-order valence-electron chi connectivity index (χ1n) is 8.63. The van der Waals surface area contributed by atoms with Gasteiger partial charge in [-0.15, -0.1) is 0 Å². The van der Waals surface area contributed by atoms with Crippen LogP contribution in [0.3, 0.4) is 0 Å². The summed E-state index contributed by atoms with van der Waals surface area (Å²) in [5.74, 6) is -0.0928. The molecule has 1 unspecified atom stereocenters. The van der Waals surface area contributed by atoms with Crippen molar-refractivity contribution in [2.24, 2.45) is 4.99 Å². The molecule has 0 spiro atoms. The maximum Gasteiger partial charge on any atom is 0.288 e. The van der Waals surface area contributed by atoms with E-state index in [1.54, 1.807) is 5.01 Å². The van der Waals surface area contributed by atoms with Crippen molar-refractivity contribution in [2.45, 2.75) is 19.9 Å². The summed E-state index contributed by atoms with van der Waals surface area (Å²) in [4.78, 5) is 22.4. The molecular weight excluding hydrogens is 324 g/mol. The van der Waals surface area contributed by atoms with E-state index in [9.17, 15) is 4.79 Å². The fourth-order valence-corrected chi connectivity index (χ4v) is 3.30. The van der Waals surface area contributed by atoms with Gasteiger partial charge in [-0.2, -0.15) is 0 Å². The van der Waals surface area contributed by atoms with Crippen molar-refractivity contribution in [2.75, 3.05) is 12.1 Å². The normalized spacial score (nSPS) is 19.7. The highest BCUT2D eigenvalue weighted by Crippen LogP contribution is 2.29. The molecule has 1 saturated heterocycles. The largest absolute Gasteiger partial charge is 0.288 e. The van der Waals surface area contributed by atoms with Gasteiger partial charge in [0, 0.05) is 18.1 Å². The summed E-state index contributed by atoms with van der Waals surface area (Å²) in [6.07, 6.45) is 0. The number of fused-ring (bicyclic) bond motifs is 1. The molecule has 1 aromatic heterocycles. The van der Waals surface area contributed by atoms with Gasteiger partial charge in [-0.1, -0.05) is 36.4 Å². The average Bonchev–Trinajstić information content (AvgIpc) is 2.85. The Morgan fingerprint density at radius 2 is 1.73 bits per heavy atom. The quantitative estimate of drug-likeness (QED) is 0.708. The van der Waals surface area contributed by atoms with E-state index in [2.05, 4.69) is 4.98 Å². The number of carbonyl (C=O) groups is 1. The van der Waals surface area contributed by atoms with Crippen molar-refractivity contribution in [3.8, 4) is 0 Å². The van der Waals surface area contributed by atoms with Crippen LogP contribution in [-0.2, 0) is 4.79 Å². The van der Waals surface area contributed by atoms with Crippen LogP contribution in [0.1, 0.15) is 12.6 Å². The zero-order valence-electron chi connectivity index (χ0n) is 15.0. The lowest BCUT2D eigenvalue weighted by Gasteiger charge is -2.25. The first-order valence-corrected chi connectivity index (χ1v) is 8.63. The molecule has 1 atom stereocenters. The minimum Gasteiger partial charge on any atom is -0.266 e. The van der Waals surface area contributed by atoms with Gasteiger partial charge in [-0.05, 0) is 38.1 Å².